The molecular formula is C15H13IN2O3S. The van der Waals surface area contributed by atoms with Gasteiger partial charge in [-0.3, -0.25) is 0 Å². The molecule has 0 N–H and O–H groups in total. The molecular weight excluding hydrogens is 415 g/mol. The second kappa shape index (κ2) is 5.10. The average molecular weight is 428 g/mol. The van der Waals surface area contributed by atoms with Gasteiger partial charge in [0.2, 0.25) is 0 Å². The van der Waals surface area contributed by atoms with Crippen molar-refractivity contribution in [3.05, 3.63) is 57.7 Å². The monoisotopic (exact) mass is 428 g/mol. The second-order valence-corrected chi connectivity index (χ2v) is 8.06. The number of hydrogen-bond donors (Lipinski definition) is 0. The third-order valence-electron chi connectivity index (χ3n) is 3.99. The normalized spacial score (nSPS) is 22.8. The van der Waals surface area contributed by atoms with E-state index in [9.17, 15) is 8.42 Å². The van der Waals surface area contributed by atoms with Gasteiger partial charge < -0.3 is 9.08 Å². The van der Waals surface area contributed by atoms with Crippen LogP contribution >= 0.6 is 22.6 Å². The number of benzene rings is 2. The molecule has 0 aliphatic carbocycles. The molecule has 0 spiro atoms. The fourth-order valence-corrected chi connectivity index (χ4v) is 4.71. The van der Waals surface area contributed by atoms with Crippen LogP contribution in [0.4, 0.5) is 5.69 Å². The van der Waals surface area contributed by atoms with Crippen LogP contribution < -0.4 is 9.08 Å². The van der Waals surface area contributed by atoms with Crippen molar-refractivity contribution in [1.29, 1.82) is 0 Å². The van der Waals surface area contributed by atoms with E-state index in [1.807, 2.05) is 42.5 Å². The SMILES string of the molecule is O=S1(=O)Oc2ccc(I)cc2[C@@H]2CN(c3ccccc3)CN21. The van der Waals surface area contributed by atoms with Crippen molar-refractivity contribution in [1.82, 2.24) is 4.31 Å². The summed E-state index contributed by atoms with van der Waals surface area (Å²) in [6, 6.07) is 15.2. The minimum Gasteiger partial charge on any atom is -0.370 e. The number of halogens is 1. The molecule has 2 heterocycles. The lowest BCUT2D eigenvalue weighted by atomic mass is 10.1. The number of nitrogens with zero attached hydrogens (tertiary/aromatic N) is 2. The summed E-state index contributed by atoms with van der Waals surface area (Å²) in [5.41, 5.74) is 1.94. The average Bonchev–Trinajstić information content (AvgIpc) is 2.96. The fourth-order valence-electron chi connectivity index (χ4n) is 2.95. The maximum atomic E-state index is 12.4. The van der Waals surface area contributed by atoms with Gasteiger partial charge in [-0.05, 0) is 52.9 Å². The van der Waals surface area contributed by atoms with Crippen LogP contribution in [-0.4, -0.2) is 25.9 Å². The molecule has 7 heteroatoms. The first kappa shape index (κ1) is 14.3. The van der Waals surface area contributed by atoms with E-state index < -0.39 is 10.3 Å². The number of fused-ring (bicyclic) bond motifs is 3. The van der Waals surface area contributed by atoms with Gasteiger partial charge in [0.15, 0.2) is 0 Å². The Morgan fingerprint density at radius 1 is 1.14 bits per heavy atom. The van der Waals surface area contributed by atoms with Crippen LogP contribution in [0.2, 0.25) is 0 Å². The van der Waals surface area contributed by atoms with Gasteiger partial charge in [0, 0.05) is 21.4 Å². The van der Waals surface area contributed by atoms with Gasteiger partial charge in [0.25, 0.3) is 0 Å². The van der Waals surface area contributed by atoms with Gasteiger partial charge in [-0.25, -0.2) is 0 Å². The lowest BCUT2D eigenvalue weighted by Crippen LogP contribution is -2.39. The Balaban J connectivity index is 1.78. The zero-order valence-electron chi connectivity index (χ0n) is 11.5. The lowest BCUT2D eigenvalue weighted by Gasteiger charge is -2.29. The number of rotatable bonds is 1. The smallest absolute Gasteiger partial charge is 0.370 e. The molecule has 0 radical (unpaired) electrons. The molecule has 2 aromatic rings. The van der Waals surface area contributed by atoms with Crippen LogP contribution in [0.25, 0.3) is 0 Å². The largest absolute Gasteiger partial charge is 0.387 e. The van der Waals surface area contributed by atoms with Gasteiger partial charge in [0.1, 0.15) is 5.75 Å². The molecule has 2 aliphatic rings. The van der Waals surface area contributed by atoms with E-state index >= 15 is 0 Å². The van der Waals surface area contributed by atoms with Crippen LogP contribution in [0.15, 0.2) is 48.5 Å². The molecule has 1 saturated heterocycles. The van der Waals surface area contributed by atoms with E-state index in [1.54, 1.807) is 6.07 Å². The summed E-state index contributed by atoms with van der Waals surface area (Å²) in [5.74, 6) is 0.441. The first-order chi connectivity index (χ1) is 10.5. The van der Waals surface area contributed by atoms with Gasteiger partial charge in [-0.1, -0.05) is 18.2 Å². The molecule has 114 valence electrons. The van der Waals surface area contributed by atoms with Crippen LogP contribution in [-0.2, 0) is 10.3 Å². The third-order valence-corrected chi connectivity index (χ3v) is 5.99. The van der Waals surface area contributed by atoms with E-state index in [0.717, 1.165) is 14.8 Å². The lowest BCUT2D eigenvalue weighted by molar-refractivity contribution is 0.321. The molecule has 2 aromatic carbocycles. The number of para-hydroxylation sites is 1. The molecule has 1 atom stereocenters. The molecule has 1 fully saturated rings. The topological polar surface area (TPSA) is 49.9 Å². The highest BCUT2D eigenvalue weighted by Crippen LogP contribution is 2.42. The van der Waals surface area contributed by atoms with Gasteiger partial charge in [-0.2, -0.15) is 8.42 Å². The summed E-state index contributed by atoms with van der Waals surface area (Å²) in [7, 11) is -3.74. The van der Waals surface area contributed by atoms with E-state index in [0.29, 0.717) is 19.0 Å². The maximum Gasteiger partial charge on any atom is 0.387 e. The van der Waals surface area contributed by atoms with Gasteiger partial charge in [-0.15, -0.1) is 4.31 Å². The Kier molecular flexibility index (Phi) is 3.31. The molecule has 4 rings (SSSR count). The van der Waals surface area contributed by atoms with Crippen molar-refractivity contribution in [2.45, 2.75) is 6.04 Å². The van der Waals surface area contributed by atoms with Crippen molar-refractivity contribution in [2.24, 2.45) is 0 Å². The van der Waals surface area contributed by atoms with Crippen molar-refractivity contribution in [3.8, 4) is 5.75 Å². The minimum absolute atomic E-state index is 0.205. The Labute approximate surface area is 142 Å². The zero-order chi connectivity index (χ0) is 15.3. The van der Waals surface area contributed by atoms with Crippen LogP contribution in [0.1, 0.15) is 11.6 Å². The van der Waals surface area contributed by atoms with Crippen molar-refractivity contribution in [3.63, 3.8) is 0 Å². The highest BCUT2D eigenvalue weighted by Gasteiger charge is 2.45. The second-order valence-electron chi connectivity index (χ2n) is 5.33. The maximum absolute atomic E-state index is 12.4. The summed E-state index contributed by atoms with van der Waals surface area (Å²) >= 11 is 2.23. The van der Waals surface area contributed by atoms with Crippen molar-refractivity contribution in [2.75, 3.05) is 18.1 Å². The van der Waals surface area contributed by atoms with Crippen LogP contribution in [0, 0.1) is 3.57 Å². The molecule has 0 unspecified atom stereocenters. The van der Waals surface area contributed by atoms with Gasteiger partial charge >= 0.3 is 10.3 Å². The van der Waals surface area contributed by atoms with Crippen molar-refractivity contribution >= 4 is 38.6 Å². The minimum atomic E-state index is -3.74. The summed E-state index contributed by atoms with van der Waals surface area (Å²) in [5, 5.41) is 0. The quantitative estimate of drug-likeness (QED) is 0.656. The Morgan fingerprint density at radius 2 is 1.91 bits per heavy atom. The summed E-state index contributed by atoms with van der Waals surface area (Å²) < 4.78 is 32.5. The Hall–Kier alpha value is -1.32. The van der Waals surface area contributed by atoms with Crippen LogP contribution in [0.5, 0.6) is 5.75 Å². The number of hydrogen-bond acceptors (Lipinski definition) is 4. The third kappa shape index (κ3) is 2.27. The highest BCUT2D eigenvalue weighted by molar-refractivity contribution is 14.1. The fraction of sp³-hybridized carbons (Fsp3) is 0.200. The highest BCUT2D eigenvalue weighted by atomic mass is 127. The summed E-state index contributed by atoms with van der Waals surface area (Å²) in [6.45, 7) is 0.932. The van der Waals surface area contributed by atoms with E-state index in [-0.39, 0.29) is 6.04 Å². The Morgan fingerprint density at radius 3 is 2.68 bits per heavy atom. The molecule has 5 nitrogen and oxygen atoms in total. The summed E-state index contributed by atoms with van der Waals surface area (Å²) in [4.78, 5) is 2.06. The van der Waals surface area contributed by atoms with Crippen molar-refractivity contribution < 1.29 is 12.6 Å². The van der Waals surface area contributed by atoms with E-state index in [4.69, 9.17) is 4.18 Å². The molecule has 2 aliphatic heterocycles. The predicted molar refractivity (Wildman–Crippen MR) is 91.9 cm³/mol. The van der Waals surface area contributed by atoms with Gasteiger partial charge in [0.05, 0.1) is 12.7 Å². The zero-order valence-corrected chi connectivity index (χ0v) is 14.5. The van der Waals surface area contributed by atoms with E-state index in [2.05, 4.69) is 27.5 Å². The molecule has 0 saturated carbocycles. The molecule has 0 amide bonds. The molecule has 0 bridgehead atoms. The number of anilines is 1. The van der Waals surface area contributed by atoms with E-state index in [1.165, 1.54) is 4.31 Å². The first-order valence-electron chi connectivity index (χ1n) is 6.85. The first-order valence-corrected chi connectivity index (χ1v) is 9.30. The predicted octanol–water partition coefficient (Wildman–Crippen LogP) is 2.75. The molecule has 22 heavy (non-hydrogen) atoms. The summed E-state index contributed by atoms with van der Waals surface area (Å²) in [6.07, 6.45) is 0. The van der Waals surface area contributed by atoms with Crippen LogP contribution in [0.3, 0.4) is 0 Å². The standard InChI is InChI=1S/C15H13IN2O3S/c16-11-6-7-15-13(8-11)14-9-17(12-4-2-1-3-5-12)10-18(14)22(19,20)21-15/h1-8,14H,9-10H2/t14-/m0/s1. The molecule has 0 aromatic heterocycles. The Bertz CT molecular complexity index is 826.